The molecule has 1 aromatic heterocycles. The molecule has 0 bridgehead atoms. The van der Waals surface area contributed by atoms with Crippen LogP contribution in [0.15, 0.2) is 174 Å². The Hall–Kier alpha value is -6.45. The number of para-hydroxylation sites is 1. The van der Waals surface area contributed by atoms with Crippen molar-refractivity contribution in [2.75, 3.05) is 4.90 Å². The lowest BCUT2D eigenvalue weighted by Crippen LogP contribution is -2.25. The number of furan rings is 1. The molecule has 0 radical (unpaired) electrons. The highest BCUT2D eigenvalue weighted by molar-refractivity contribution is 6.14. The van der Waals surface area contributed by atoms with Crippen LogP contribution in [0.5, 0.6) is 0 Å². The molecule has 0 aliphatic heterocycles. The minimum atomic E-state index is -0.418. The van der Waals surface area contributed by atoms with E-state index in [2.05, 4.69) is 150 Å². The van der Waals surface area contributed by atoms with Crippen molar-refractivity contribution in [1.82, 2.24) is 0 Å². The zero-order chi connectivity index (χ0) is 33.0. The third-order valence-corrected chi connectivity index (χ3v) is 10.9. The average molecular weight is 642 g/mol. The number of anilines is 3. The van der Waals surface area contributed by atoms with Gasteiger partial charge in [0.05, 0.1) is 11.1 Å². The van der Waals surface area contributed by atoms with Crippen molar-refractivity contribution < 1.29 is 8.81 Å². The van der Waals surface area contributed by atoms with Gasteiger partial charge in [-0.1, -0.05) is 115 Å². The molecule has 11 rings (SSSR count). The van der Waals surface area contributed by atoms with Crippen LogP contribution < -0.4 is 4.90 Å². The summed E-state index contributed by atoms with van der Waals surface area (Å²) in [5, 5.41) is 4.42. The third kappa shape index (κ3) is 3.56. The van der Waals surface area contributed by atoms with E-state index in [4.69, 9.17) is 4.42 Å². The van der Waals surface area contributed by atoms with Crippen molar-refractivity contribution in [2.24, 2.45) is 0 Å². The van der Waals surface area contributed by atoms with Gasteiger partial charge in [-0.05, 0) is 110 Å². The van der Waals surface area contributed by atoms with Gasteiger partial charge >= 0.3 is 0 Å². The van der Waals surface area contributed by atoms with Crippen molar-refractivity contribution in [3.8, 4) is 22.3 Å². The zero-order valence-corrected chi connectivity index (χ0v) is 26.9. The number of hydrogen-bond donors (Lipinski definition) is 0. The molecule has 0 unspecified atom stereocenters. The maximum absolute atomic E-state index is 14.4. The Labute approximate surface area is 288 Å². The second kappa shape index (κ2) is 10.0. The van der Waals surface area contributed by atoms with Gasteiger partial charge in [0.2, 0.25) is 0 Å². The quantitative estimate of drug-likeness (QED) is 0.191. The molecule has 9 aromatic rings. The summed E-state index contributed by atoms with van der Waals surface area (Å²) in [6, 6.07) is 59.2. The maximum atomic E-state index is 14.4. The van der Waals surface area contributed by atoms with Gasteiger partial charge in [0.25, 0.3) is 0 Å². The first-order valence-electron chi connectivity index (χ1n) is 17.0. The normalized spacial score (nSPS) is 13.5. The molecular formula is C47H28FNO. The monoisotopic (exact) mass is 641 g/mol. The summed E-state index contributed by atoms with van der Waals surface area (Å²) in [5.41, 5.74) is 14.1. The SMILES string of the molecule is Fc1ccc(N(c2ccc3c(c2)-c2ccccc2C32c3ccccc3-c3ccccc32)c2cccc3c2oc2cc4ccccc4cc23)cc1. The van der Waals surface area contributed by atoms with Gasteiger partial charge in [0, 0.05) is 22.1 Å². The Balaban J connectivity index is 1.18. The lowest BCUT2D eigenvalue weighted by Gasteiger charge is -2.31. The van der Waals surface area contributed by atoms with E-state index in [9.17, 15) is 4.39 Å². The van der Waals surface area contributed by atoms with Crippen LogP contribution >= 0.6 is 0 Å². The number of hydrogen-bond acceptors (Lipinski definition) is 2. The van der Waals surface area contributed by atoms with E-state index in [1.54, 1.807) is 0 Å². The molecule has 0 N–H and O–H groups in total. The third-order valence-electron chi connectivity index (χ3n) is 10.9. The first kappa shape index (κ1) is 27.5. The summed E-state index contributed by atoms with van der Waals surface area (Å²) in [6.45, 7) is 0. The van der Waals surface area contributed by atoms with E-state index in [1.165, 1.54) is 62.0 Å². The second-order valence-electron chi connectivity index (χ2n) is 13.4. The van der Waals surface area contributed by atoms with Crippen LogP contribution in [0.4, 0.5) is 21.5 Å². The van der Waals surface area contributed by atoms with E-state index in [0.717, 1.165) is 44.4 Å². The molecule has 0 fully saturated rings. The van der Waals surface area contributed by atoms with Crippen molar-refractivity contribution in [2.45, 2.75) is 5.41 Å². The minimum absolute atomic E-state index is 0.272. The Morgan fingerprint density at radius 3 is 1.68 bits per heavy atom. The molecular weight excluding hydrogens is 614 g/mol. The summed E-state index contributed by atoms with van der Waals surface area (Å²) in [7, 11) is 0. The number of fused-ring (bicyclic) bond motifs is 14. The highest BCUT2D eigenvalue weighted by Gasteiger charge is 2.51. The van der Waals surface area contributed by atoms with Crippen molar-refractivity contribution in [1.29, 1.82) is 0 Å². The van der Waals surface area contributed by atoms with Gasteiger partial charge in [-0.15, -0.1) is 0 Å². The lowest BCUT2D eigenvalue weighted by molar-refractivity contribution is 0.628. The summed E-state index contributed by atoms with van der Waals surface area (Å²) >= 11 is 0. The summed E-state index contributed by atoms with van der Waals surface area (Å²) in [5.74, 6) is -0.272. The Bertz CT molecular complexity index is 2800. The molecule has 1 heterocycles. The number of rotatable bonds is 3. The zero-order valence-electron chi connectivity index (χ0n) is 26.9. The fourth-order valence-electron chi connectivity index (χ4n) is 8.89. The molecule has 1 spiro atoms. The molecule has 2 aliphatic rings. The summed E-state index contributed by atoms with van der Waals surface area (Å²) in [6.07, 6.45) is 0. The molecule has 3 heteroatoms. The molecule has 0 amide bonds. The van der Waals surface area contributed by atoms with Crippen molar-refractivity contribution in [3.05, 3.63) is 198 Å². The fraction of sp³-hybridized carbons (Fsp3) is 0.0213. The molecule has 8 aromatic carbocycles. The van der Waals surface area contributed by atoms with E-state index >= 15 is 0 Å². The Morgan fingerprint density at radius 1 is 0.440 bits per heavy atom. The highest BCUT2D eigenvalue weighted by atomic mass is 19.1. The Kier molecular flexibility index (Phi) is 5.52. The van der Waals surface area contributed by atoms with Gasteiger partial charge in [-0.3, -0.25) is 0 Å². The van der Waals surface area contributed by atoms with Gasteiger partial charge < -0.3 is 9.32 Å². The number of benzene rings is 8. The van der Waals surface area contributed by atoms with Crippen LogP contribution in [0.2, 0.25) is 0 Å². The average Bonchev–Trinajstić information content (AvgIpc) is 3.79. The largest absolute Gasteiger partial charge is 0.454 e. The number of nitrogens with zero attached hydrogens (tertiary/aromatic N) is 1. The van der Waals surface area contributed by atoms with Crippen molar-refractivity contribution >= 4 is 49.8 Å². The first-order valence-corrected chi connectivity index (χ1v) is 17.0. The minimum Gasteiger partial charge on any atom is -0.454 e. The Morgan fingerprint density at radius 2 is 1.00 bits per heavy atom. The van der Waals surface area contributed by atoms with Crippen molar-refractivity contribution in [3.63, 3.8) is 0 Å². The summed E-state index contributed by atoms with van der Waals surface area (Å²) in [4.78, 5) is 2.20. The standard InChI is InChI=1S/C47H28FNO/c48-31-20-22-32(23-21-31)49(44-19-9-15-37-39-26-29-10-1-2-11-30(29)27-45(39)50-46(37)44)33-24-25-43-38(28-33)36-14-5-8-18-42(36)47(43)40-16-6-3-12-34(40)35-13-4-7-17-41(35)47/h1-28H. The van der Waals surface area contributed by atoms with Crippen LogP contribution in [-0.4, -0.2) is 0 Å². The van der Waals surface area contributed by atoms with Gasteiger partial charge in [-0.2, -0.15) is 0 Å². The van der Waals surface area contributed by atoms with Crippen LogP contribution in [0.1, 0.15) is 22.3 Å². The van der Waals surface area contributed by atoms with Crippen LogP contribution in [0.3, 0.4) is 0 Å². The van der Waals surface area contributed by atoms with Gasteiger partial charge in [0.1, 0.15) is 11.4 Å². The topological polar surface area (TPSA) is 16.4 Å². The lowest BCUT2D eigenvalue weighted by atomic mass is 9.70. The van der Waals surface area contributed by atoms with Crippen LogP contribution in [-0.2, 0) is 5.41 Å². The molecule has 0 saturated carbocycles. The fourth-order valence-corrected chi connectivity index (χ4v) is 8.89. The van der Waals surface area contributed by atoms with Gasteiger partial charge in [0.15, 0.2) is 5.58 Å². The van der Waals surface area contributed by atoms with E-state index in [0.29, 0.717) is 0 Å². The predicted octanol–water partition coefficient (Wildman–Crippen LogP) is 12.7. The smallest absolute Gasteiger partial charge is 0.159 e. The molecule has 234 valence electrons. The van der Waals surface area contributed by atoms with Crippen LogP contribution in [0, 0.1) is 5.82 Å². The van der Waals surface area contributed by atoms with E-state index in [-0.39, 0.29) is 5.82 Å². The second-order valence-corrected chi connectivity index (χ2v) is 13.4. The first-order chi connectivity index (χ1) is 24.7. The number of halogens is 1. The summed E-state index contributed by atoms with van der Waals surface area (Å²) < 4.78 is 21.1. The molecule has 2 aliphatic carbocycles. The van der Waals surface area contributed by atoms with Gasteiger partial charge in [-0.25, -0.2) is 4.39 Å². The molecule has 2 nitrogen and oxygen atoms in total. The molecule has 0 atom stereocenters. The van der Waals surface area contributed by atoms with E-state index < -0.39 is 5.41 Å². The molecule has 0 saturated heterocycles. The maximum Gasteiger partial charge on any atom is 0.159 e. The highest BCUT2D eigenvalue weighted by Crippen LogP contribution is 2.63. The van der Waals surface area contributed by atoms with Crippen LogP contribution in [0.25, 0.3) is 55.0 Å². The predicted molar refractivity (Wildman–Crippen MR) is 202 cm³/mol. The molecule has 50 heavy (non-hydrogen) atoms. The van der Waals surface area contributed by atoms with E-state index in [1.807, 2.05) is 12.1 Å².